The maximum absolute atomic E-state index is 11.9. The van der Waals surface area contributed by atoms with Crippen molar-refractivity contribution in [3.05, 3.63) is 28.2 Å². The van der Waals surface area contributed by atoms with Crippen molar-refractivity contribution in [2.75, 3.05) is 6.54 Å². The van der Waals surface area contributed by atoms with Crippen molar-refractivity contribution in [1.82, 2.24) is 10.8 Å². The number of hydrogen-bond acceptors (Lipinski definition) is 4. The molecular weight excluding hydrogens is 307 g/mol. The maximum atomic E-state index is 11.9. The number of carbonyl (C=O) groups excluding carboxylic acids is 2. The molecule has 3 N–H and O–H groups in total. The van der Waals surface area contributed by atoms with E-state index in [2.05, 4.69) is 10.8 Å². The summed E-state index contributed by atoms with van der Waals surface area (Å²) in [5.41, 5.74) is 2.09. The SMILES string of the molecule is O=C1NCCC(O)C1C(=O)NOc1cccc(Cl)c1Cl. The van der Waals surface area contributed by atoms with Gasteiger partial charge in [-0.2, -0.15) is 5.48 Å². The molecular formula is C12H12Cl2N2O4. The van der Waals surface area contributed by atoms with E-state index >= 15 is 0 Å². The van der Waals surface area contributed by atoms with Gasteiger partial charge in [-0.1, -0.05) is 29.3 Å². The summed E-state index contributed by atoms with van der Waals surface area (Å²) in [7, 11) is 0. The normalized spacial score (nSPS) is 22.1. The molecule has 0 aromatic heterocycles. The molecule has 1 fully saturated rings. The highest BCUT2D eigenvalue weighted by atomic mass is 35.5. The third-order valence-corrected chi connectivity index (χ3v) is 3.67. The Morgan fingerprint density at radius 3 is 2.90 bits per heavy atom. The Bertz CT molecular complexity index is 538. The number of piperidine rings is 1. The third-order valence-electron chi connectivity index (χ3n) is 2.87. The molecule has 0 saturated carbocycles. The number of nitrogens with one attached hydrogen (secondary N) is 2. The highest BCUT2D eigenvalue weighted by Crippen LogP contribution is 2.31. The maximum Gasteiger partial charge on any atom is 0.267 e. The number of halogens is 2. The molecule has 1 aromatic carbocycles. The van der Waals surface area contributed by atoms with Gasteiger partial charge in [0.05, 0.1) is 11.1 Å². The van der Waals surface area contributed by atoms with Gasteiger partial charge < -0.3 is 15.3 Å². The fourth-order valence-corrected chi connectivity index (χ4v) is 2.15. The van der Waals surface area contributed by atoms with Crippen LogP contribution in [0.15, 0.2) is 18.2 Å². The minimum absolute atomic E-state index is 0.142. The molecule has 0 spiro atoms. The summed E-state index contributed by atoms with van der Waals surface area (Å²) in [6, 6.07) is 4.67. The van der Waals surface area contributed by atoms with Crippen molar-refractivity contribution in [2.24, 2.45) is 5.92 Å². The van der Waals surface area contributed by atoms with Crippen molar-refractivity contribution in [1.29, 1.82) is 0 Å². The van der Waals surface area contributed by atoms with Gasteiger partial charge in [-0.05, 0) is 18.6 Å². The van der Waals surface area contributed by atoms with Crippen LogP contribution in [0.2, 0.25) is 10.0 Å². The number of amides is 2. The largest absolute Gasteiger partial charge is 0.392 e. The molecule has 0 aliphatic carbocycles. The molecule has 108 valence electrons. The van der Waals surface area contributed by atoms with Gasteiger partial charge in [0.1, 0.15) is 10.9 Å². The van der Waals surface area contributed by atoms with Gasteiger partial charge in [-0.25, -0.2) is 0 Å². The van der Waals surface area contributed by atoms with E-state index in [1.807, 2.05) is 0 Å². The molecule has 0 radical (unpaired) electrons. The van der Waals surface area contributed by atoms with E-state index in [1.54, 1.807) is 12.1 Å². The zero-order valence-electron chi connectivity index (χ0n) is 10.2. The van der Waals surface area contributed by atoms with E-state index in [1.165, 1.54) is 6.07 Å². The molecule has 1 aliphatic heterocycles. The Morgan fingerprint density at radius 1 is 1.45 bits per heavy atom. The standard InChI is InChI=1S/C12H12Cl2N2O4/c13-6-2-1-3-8(10(6)14)20-16-12(19)9-7(17)4-5-15-11(9)18/h1-3,7,9,17H,4-5H2,(H,15,18)(H,16,19). The van der Waals surface area contributed by atoms with Crippen LogP contribution < -0.4 is 15.6 Å². The van der Waals surface area contributed by atoms with Gasteiger partial charge in [0.25, 0.3) is 5.91 Å². The molecule has 2 rings (SSSR count). The predicted octanol–water partition coefficient (Wildman–Crippen LogP) is 0.900. The van der Waals surface area contributed by atoms with Gasteiger partial charge >= 0.3 is 0 Å². The van der Waals surface area contributed by atoms with E-state index < -0.39 is 23.8 Å². The van der Waals surface area contributed by atoms with Crippen LogP contribution in [-0.4, -0.2) is 29.6 Å². The first kappa shape index (κ1) is 14.9. The van der Waals surface area contributed by atoms with Crippen LogP contribution in [0.4, 0.5) is 0 Å². The minimum atomic E-state index is -1.21. The van der Waals surface area contributed by atoms with Crippen LogP contribution in [0.5, 0.6) is 5.75 Å². The third kappa shape index (κ3) is 3.15. The molecule has 1 heterocycles. The molecule has 2 unspecified atom stereocenters. The number of hydrogen-bond donors (Lipinski definition) is 3. The zero-order chi connectivity index (χ0) is 14.7. The van der Waals surface area contributed by atoms with Crippen LogP contribution in [0.25, 0.3) is 0 Å². The molecule has 20 heavy (non-hydrogen) atoms. The summed E-state index contributed by atoms with van der Waals surface area (Å²) in [5, 5.41) is 12.6. The highest BCUT2D eigenvalue weighted by molar-refractivity contribution is 6.42. The second kappa shape index (κ2) is 6.30. The van der Waals surface area contributed by atoms with E-state index in [0.717, 1.165) is 0 Å². The summed E-state index contributed by atoms with van der Waals surface area (Å²) in [4.78, 5) is 28.4. The number of benzene rings is 1. The van der Waals surface area contributed by atoms with Crippen LogP contribution in [0.3, 0.4) is 0 Å². The first-order chi connectivity index (χ1) is 9.50. The van der Waals surface area contributed by atoms with E-state index in [-0.39, 0.29) is 15.8 Å². The molecule has 2 atom stereocenters. The molecule has 2 amide bonds. The van der Waals surface area contributed by atoms with Crippen molar-refractivity contribution >= 4 is 35.0 Å². The van der Waals surface area contributed by atoms with Crippen LogP contribution in [0, 0.1) is 5.92 Å². The Balaban J connectivity index is 2.01. The summed E-state index contributed by atoms with van der Waals surface area (Å²) in [5.74, 6) is -2.34. The Morgan fingerprint density at radius 2 is 2.20 bits per heavy atom. The summed E-state index contributed by atoms with van der Waals surface area (Å²) in [6.45, 7) is 0.338. The Labute approximate surface area is 125 Å². The summed E-state index contributed by atoms with van der Waals surface area (Å²) in [6.07, 6.45) is -0.732. The smallest absolute Gasteiger partial charge is 0.267 e. The van der Waals surface area contributed by atoms with Crippen molar-refractivity contribution in [3.8, 4) is 5.75 Å². The quantitative estimate of drug-likeness (QED) is 0.571. The highest BCUT2D eigenvalue weighted by Gasteiger charge is 2.37. The van der Waals surface area contributed by atoms with Gasteiger partial charge in [0.2, 0.25) is 5.91 Å². The lowest BCUT2D eigenvalue weighted by molar-refractivity contribution is -0.146. The Kier molecular flexibility index (Phi) is 4.69. The molecule has 6 nitrogen and oxygen atoms in total. The first-order valence-electron chi connectivity index (χ1n) is 5.87. The number of rotatable bonds is 3. The Hall–Kier alpha value is -1.50. The second-order valence-electron chi connectivity index (χ2n) is 4.25. The lowest BCUT2D eigenvalue weighted by Crippen LogP contribution is -2.52. The van der Waals surface area contributed by atoms with Crippen LogP contribution in [-0.2, 0) is 9.59 Å². The monoisotopic (exact) mass is 318 g/mol. The van der Waals surface area contributed by atoms with E-state index in [0.29, 0.717) is 13.0 Å². The van der Waals surface area contributed by atoms with Crippen LogP contribution >= 0.6 is 23.2 Å². The topological polar surface area (TPSA) is 87.7 Å². The average Bonchev–Trinajstić information content (AvgIpc) is 2.40. The van der Waals surface area contributed by atoms with Gasteiger partial charge in [-0.3, -0.25) is 9.59 Å². The summed E-state index contributed by atoms with van der Waals surface area (Å²) < 4.78 is 0. The van der Waals surface area contributed by atoms with Crippen molar-refractivity contribution in [3.63, 3.8) is 0 Å². The van der Waals surface area contributed by atoms with E-state index in [4.69, 9.17) is 28.0 Å². The predicted molar refractivity (Wildman–Crippen MR) is 72.4 cm³/mol. The second-order valence-corrected chi connectivity index (χ2v) is 5.03. The zero-order valence-corrected chi connectivity index (χ0v) is 11.7. The lowest BCUT2D eigenvalue weighted by atomic mass is 9.95. The molecule has 1 aromatic rings. The van der Waals surface area contributed by atoms with E-state index in [9.17, 15) is 14.7 Å². The van der Waals surface area contributed by atoms with Crippen molar-refractivity contribution < 1.29 is 19.5 Å². The fourth-order valence-electron chi connectivity index (χ4n) is 1.82. The molecule has 8 heteroatoms. The van der Waals surface area contributed by atoms with Crippen LogP contribution in [0.1, 0.15) is 6.42 Å². The number of aliphatic hydroxyl groups is 1. The molecule has 0 bridgehead atoms. The first-order valence-corrected chi connectivity index (χ1v) is 6.63. The minimum Gasteiger partial charge on any atom is -0.392 e. The van der Waals surface area contributed by atoms with Gasteiger partial charge in [-0.15, -0.1) is 0 Å². The summed E-state index contributed by atoms with van der Waals surface area (Å²) >= 11 is 11.7. The molecule has 1 saturated heterocycles. The number of hydroxylamine groups is 1. The fraction of sp³-hybridized carbons (Fsp3) is 0.333. The average molecular weight is 319 g/mol. The lowest BCUT2D eigenvalue weighted by Gasteiger charge is -2.26. The number of carbonyl (C=O) groups is 2. The van der Waals surface area contributed by atoms with Gasteiger partial charge in [0, 0.05) is 6.54 Å². The van der Waals surface area contributed by atoms with Gasteiger partial charge in [0.15, 0.2) is 5.75 Å². The molecule has 1 aliphatic rings. The van der Waals surface area contributed by atoms with Crippen molar-refractivity contribution in [2.45, 2.75) is 12.5 Å². The number of aliphatic hydroxyl groups excluding tert-OH is 1.